The van der Waals surface area contributed by atoms with Crippen molar-refractivity contribution in [3.8, 4) is 11.1 Å². The molecule has 1 saturated carbocycles. The number of hydrogen-bond acceptors (Lipinski definition) is 4. The van der Waals surface area contributed by atoms with E-state index in [1.54, 1.807) is 0 Å². The van der Waals surface area contributed by atoms with E-state index in [1.807, 2.05) is 31.2 Å². The summed E-state index contributed by atoms with van der Waals surface area (Å²) in [6.45, 7) is 2.07. The van der Waals surface area contributed by atoms with Crippen LogP contribution in [0.1, 0.15) is 56.1 Å². The molecule has 2 amide bonds. The number of benzene rings is 2. The first kappa shape index (κ1) is 22.8. The average Bonchev–Trinajstić information content (AvgIpc) is 3.10. The van der Waals surface area contributed by atoms with Gasteiger partial charge in [0, 0.05) is 25.4 Å². The number of ether oxygens (including phenoxy) is 1. The van der Waals surface area contributed by atoms with E-state index in [4.69, 9.17) is 4.74 Å². The Morgan fingerprint density at radius 1 is 1.09 bits per heavy atom. The Bertz CT molecular complexity index is 1020. The lowest BCUT2D eigenvalue weighted by Crippen LogP contribution is -2.60. The lowest BCUT2D eigenvalue weighted by atomic mass is 9.75. The Morgan fingerprint density at radius 2 is 1.67 bits per heavy atom. The van der Waals surface area contributed by atoms with Crippen LogP contribution in [0, 0.1) is 0 Å². The molecule has 33 heavy (non-hydrogen) atoms. The molecule has 2 aromatic carbocycles. The van der Waals surface area contributed by atoms with E-state index in [-0.39, 0.29) is 24.9 Å². The van der Waals surface area contributed by atoms with Crippen molar-refractivity contribution in [1.82, 2.24) is 10.2 Å². The van der Waals surface area contributed by atoms with Gasteiger partial charge in [-0.2, -0.15) is 0 Å². The highest BCUT2D eigenvalue weighted by molar-refractivity contribution is 5.88. The maximum absolute atomic E-state index is 12.7. The summed E-state index contributed by atoms with van der Waals surface area (Å²) in [4.78, 5) is 38.3. The van der Waals surface area contributed by atoms with Crippen molar-refractivity contribution in [3.05, 3.63) is 59.7 Å². The van der Waals surface area contributed by atoms with Crippen molar-refractivity contribution in [3.63, 3.8) is 0 Å². The Morgan fingerprint density at radius 3 is 2.15 bits per heavy atom. The van der Waals surface area contributed by atoms with E-state index in [0.29, 0.717) is 19.3 Å². The van der Waals surface area contributed by atoms with E-state index >= 15 is 0 Å². The summed E-state index contributed by atoms with van der Waals surface area (Å²) in [6.07, 6.45) is 1.70. The zero-order valence-corrected chi connectivity index (χ0v) is 19.0. The second-order valence-corrected chi connectivity index (χ2v) is 8.92. The van der Waals surface area contributed by atoms with Crippen molar-refractivity contribution in [2.45, 2.75) is 56.5 Å². The minimum Gasteiger partial charge on any atom is -0.479 e. The smallest absolute Gasteiger partial charge is 0.407 e. The molecular formula is C26H30N2O5. The van der Waals surface area contributed by atoms with Crippen LogP contribution in [-0.2, 0) is 14.3 Å². The van der Waals surface area contributed by atoms with Crippen LogP contribution in [0.3, 0.4) is 0 Å². The van der Waals surface area contributed by atoms with E-state index in [0.717, 1.165) is 28.7 Å². The van der Waals surface area contributed by atoms with Gasteiger partial charge in [0.25, 0.3) is 0 Å². The third-order valence-corrected chi connectivity index (χ3v) is 7.17. The number of hydrogen-bond donors (Lipinski definition) is 2. The van der Waals surface area contributed by atoms with Crippen molar-refractivity contribution in [2.24, 2.45) is 0 Å². The van der Waals surface area contributed by atoms with Crippen LogP contribution in [0.2, 0.25) is 0 Å². The average molecular weight is 451 g/mol. The number of likely N-dealkylation sites (N-methyl/N-ethyl adjacent to an activating group) is 1. The molecule has 0 heterocycles. The third-order valence-electron chi connectivity index (χ3n) is 7.17. The van der Waals surface area contributed by atoms with Crippen LogP contribution in [-0.4, -0.2) is 53.2 Å². The number of aliphatic carboxylic acids is 1. The number of carboxylic acid groups (broad SMARTS) is 1. The lowest BCUT2D eigenvalue weighted by Gasteiger charge is -2.45. The first-order valence-electron chi connectivity index (χ1n) is 11.5. The monoisotopic (exact) mass is 450 g/mol. The number of rotatable bonds is 8. The molecule has 7 nitrogen and oxygen atoms in total. The van der Waals surface area contributed by atoms with Gasteiger partial charge in [-0.3, -0.25) is 4.79 Å². The molecule has 7 heteroatoms. The predicted molar refractivity (Wildman–Crippen MR) is 124 cm³/mol. The SMILES string of the molecule is CCC(CC(=O)N(C)C1(C(=O)O)CCC1)NC(=O)OCC1c2ccccc2-c2ccccc21. The van der Waals surface area contributed by atoms with Gasteiger partial charge in [-0.05, 0) is 47.9 Å². The highest BCUT2D eigenvalue weighted by Crippen LogP contribution is 2.44. The Labute approximate surface area is 193 Å². The largest absolute Gasteiger partial charge is 0.479 e. The molecule has 1 fully saturated rings. The molecular weight excluding hydrogens is 420 g/mol. The van der Waals surface area contributed by atoms with Crippen LogP contribution < -0.4 is 5.32 Å². The summed E-state index contributed by atoms with van der Waals surface area (Å²) < 4.78 is 5.58. The fourth-order valence-corrected chi connectivity index (χ4v) is 4.90. The summed E-state index contributed by atoms with van der Waals surface area (Å²) in [5, 5.41) is 12.4. The minimum atomic E-state index is -1.11. The molecule has 0 spiro atoms. The minimum absolute atomic E-state index is 0.0340. The molecule has 0 aromatic heterocycles. The number of carboxylic acids is 1. The van der Waals surface area contributed by atoms with Crippen molar-refractivity contribution in [2.75, 3.05) is 13.7 Å². The zero-order valence-electron chi connectivity index (χ0n) is 19.0. The maximum atomic E-state index is 12.7. The number of carbonyl (C=O) groups excluding carboxylic acids is 2. The zero-order chi connectivity index (χ0) is 23.6. The van der Waals surface area contributed by atoms with Crippen LogP contribution in [0.25, 0.3) is 11.1 Å². The van der Waals surface area contributed by atoms with Gasteiger partial charge in [0.2, 0.25) is 5.91 Å². The Hall–Kier alpha value is -3.35. The summed E-state index contributed by atoms with van der Waals surface area (Å²) in [5.41, 5.74) is 3.47. The number of carbonyl (C=O) groups is 3. The fourth-order valence-electron chi connectivity index (χ4n) is 4.90. The van der Waals surface area contributed by atoms with E-state index in [2.05, 4.69) is 29.6 Å². The Balaban J connectivity index is 1.35. The van der Waals surface area contributed by atoms with Crippen molar-refractivity contribution in [1.29, 1.82) is 0 Å². The summed E-state index contributed by atoms with van der Waals surface area (Å²) in [5.74, 6) is -1.30. The molecule has 1 unspecified atom stereocenters. The molecule has 2 aliphatic rings. The van der Waals surface area contributed by atoms with E-state index in [1.165, 1.54) is 11.9 Å². The van der Waals surface area contributed by atoms with E-state index in [9.17, 15) is 19.5 Å². The quantitative estimate of drug-likeness (QED) is 0.630. The molecule has 2 N–H and O–H groups in total. The molecule has 174 valence electrons. The lowest BCUT2D eigenvalue weighted by molar-refractivity contribution is -0.164. The van der Waals surface area contributed by atoms with Crippen molar-refractivity contribution < 1.29 is 24.2 Å². The number of alkyl carbamates (subject to hydrolysis) is 1. The number of amides is 2. The highest BCUT2D eigenvalue weighted by Gasteiger charge is 2.49. The molecule has 2 aliphatic carbocycles. The predicted octanol–water partition coefficient (Wildman–Crippen LogP) is 4.16. The van der Waals surface area contributed by atoms with Crippen molar-refractivity contribution >= 4 is 18.0 Å². The summed E-state index contributed by atoms with van der Waals surface area (Å²) in [6, 6.07) is 15.8. The standard InChI is InChI=1S/C26H30N2O5/c1-3-17(15-23(29)28(2)26(24(30)31)13-8-14-26)27-25(32)33-16-22-20-11-6-4-9-18(20)19-10-5-7-12-21(19)22/h4-7,9-12,17,22H,3,8,13-16H2,1-2H3,(H,27,32)(H,30,31). The molecule has 0 radical (unpaired) electrons. The van der Waals surface area contributed by atoms with Gasteiger partial charge >= 0.3 is 12.1 Å². The van der Waals surface area contributed by atoms with Crippen LogP contribution in [0.15, 0.2) is 48.5 Å². The van der Waals surface area contributed by atoms with Gasteiger partial charge in [-0.1, -0.05) is 55.5 Å². The molecule has 0 saturated heterocycles. The van der Waals surface area contributed by atoms with E-state index < -0.39 is 23.6 Å². The molecule has 2 aromatic rings. The van der Waals surface area contributed by atoms with Gasteiger partial charge in [0.1, 0.15) is 12.1 Å². The van der Waals surface area contributed by atoms with Gasteiger partial charge in [0.15, 0.2) is 0 Å². The number of nitrogens with zero attached hydrogens (tertiary/aromatic N) is 1. The second-order valence-electron chi connectivity index (χ2n) is 8.92. The Kier molecular flexibility index (Phi) is 6.40. The fraction of sp³-hybridized carbons (Fsp3) is 0.423. The third kappa shape index (κ3) is 4.19. The topological polar surface area (TPSA) is 95.9 Å². The normalized spacial score (nSPS) is 16.7. The highest BCUT2D eigenvalue weighted by atomic mass is 16.5. The number of nitrogens with one attached hydrogen (secondary N) is 1. The van der Waals surface area contributed by atoms with Gasteiger partial charge < -0.3 is 20.1 Å². The molecule has 4 rings (SSSR count). The second kappa shape index (κ2) is 9.25. The summed E-state index contributed by atoms with van der Waals surface area (Å²) >= 11 is 0. The molecule has 0 bridgehead atoms. The van der Waals surface area contributed by atoms with Crippen LogP contribution in [0.4, 0.5) is 4.79 Å². The first-order valence-corrected chi connectivity index (χ1v) is 11.5. The maximum Gasteiger partial charge on any atom is 0.407 e. The first-order chi connectivity index (χ1) is 15.9. The van der Waals surface area contributed by atoms with Gasteiger partial charge in [0.05, 0.1) is 0 Å². The van der Waals surface area contributed by atoms with Crippen LogP contribution >= 0.6 is 0 Å². The molecule has 1 atom stereocenters. The molecule has 0 aliphatic heterocycles. The number of fused-ring (bicyclic) bond motifs is 3. The van der Waals surface area contributed by atoms with Gasteiger partial charge in [-0.25, -0.2) is 9.59 Å². The van der Waals surface area contributed by atoms with Gasteiger partial charge in [-0.15, -0.1) is 0 Å². The van der Waals surface area contributed by atoms with Crippen LogP contribution in [0.5, 0.6) is 0 Å². The summed E-state index contributed by atoms with van der Waals surface area (Å²) in [7, 11) is 1.54.